The van der Waals surface area contributed by atoms with E-state index >= 15 is 0 Å². The number of nitrogens with zero attached hydrogens (tertiary/aromatic N) is 2. The molecule has 1 aliphatic heterocycles. The van der Waals surface area contributed by atoms with Crippen LogP contribution in [0.15, 0.2) is 6.33 Å². The highest BCUT2D eigenvalue weighted by Crippen LogP contribution is 2.43. The Kier molecular flexibility index (Phi) is 2.38. The molecule has 0 saturated carbocycles. The molecule has 0 aromatic carbocycles. The molecular weight excluding hydrogens is 251 g/mol. The van der Waals surface area contributed by atoms with Crippen LogP contribution in [0.2, 0.25) is 5.15 Å². The van der Waals surface area contributed by atoms with Gasteiger partial charge in [-0.3, -0.25) is 5.32 Å². The molecule has 1 amide bonds. The number of carbonyl (C=O) groups excluding carboxylic acids is 1. The van der Waals surface area contributed by atoms with Gasteiger partial charge in [0.05, 0.1) is 5.56 Å². The second-order valence-corrected chi connectivity index (χ2v) is 3.24. The summed E-state index contributed by atoms with van der Waals surface area (Å²) in [4.78, 5) is 17.7. The van der Waals surface area contributed by atoms with Gasteiger partial charge in [0.15, 0.2) is 0 Å². The van der Waals surface area contributed by atoms with Crippen molar-refractivity contribution in [2.24, 2.45) is 0 Å². The van der Waals surface area contributed by atoms with Crippen LogP contribution in [0.1, 0.15) is 11.7 Å². The molecule has 0 saturated heterocycles. The normalized spacial score (nSPS) is 19.8. The predicted octanol–water partition coefficient (Wildman–Crippen LogP) is 2.30. The van der Waals surface area contributed by atoms with Crippen molar-refractivity contribution in [1.82, 2.24) is 9.97 Å². The van der Waals surface area contributed by atoms with Crippen LogP contribution in [-0.2, 0) is 4.74 Å². The van der Waals surface area contributed by atoms with Crippen molar-refractivity contribution in [1.29, 1.82) is 0 Å². The molecule has 0 fully saturated rings. The highest BCUT2D eigenvalue weighted by Gasteiger charge is 2.49. The predicted molar refractivity (Wildman–Crippen MR) is 45.9 cm³/mol. The molecule has 9 heteroatoms. The van der Waals surface area contributed by atoms with Gasteiger partial charge in [-0.2, -0.15) is 13.2 Å². The second kappa shape index (κ2) is 3.48. The summed E-state index contributed by atoms with van der Waals surface area (Å²) in [5, 5.41) is 1.60. The fourth-order valence-corrected chi connectivity index (χ4v) is 1.46. The molecule has 2 rings (SSSR count). The van der Waals surface area contributed by atoms with Crippen molar-refractivity contribution in [3.8, 4) is 0 Å². The zero-order valence-corrected chi connectivity index (χ0v) is 8.13. The van der Waals surface area contributed by atoms with Gasteiger partial charge in [-0.1, -0.05) is 11.6 Å². The molecule has 1 unspecified atom stereocenters. The number of hydrogen-bond donors (Lipinski definition) is 1. The SMILES string of the molecule is O=C1Nc2ncnc(Cl)c2C(C(F)(F)F)O1. The number of hydrogen-bond acceptors (Lipinski definition) is 4. The number of alkyl halides is 3. The third kappa shape index (κ3) is 1.75. The van der Waals surface area contributed by atoms with Gasteiger partial charge >= 0.3 is 12.3 Å². The minimum Gasteiger partial charge on any atom is -0.431 e. The molecule has 1 aliphatic rings. The summed E-state index contributed by atoms with van der Waals surface area (Å²) in [6.07, 6.45) is -7.49. The van der Waals surface area contributed by atoms with Gasteiger partial charge in [0.1, 0.15) is 17.3 Å². The number of carbonyl (C=O) groups is 1. The van der Waals surface area contributed by atoms with Crippen LogP contribution in [0, 0.1) is 0 Å². The number of amides is 1. The summed E-state index contributed by atoms with van der Waals surface area (Å²) in [7, 11) is 0. The zero-order valence-electron chi connectivity index (χ0n) is 7.38. The maximum atomic E-state index is 12.6. The summed E-state index contributed by atoms with van der Waals surface area (Å²) in [5.74, 6) is -0.293. The largest absolute Gasteiger partial charge is 0.431 e. The molecule has 0 bridgehead atoms. The Labute approximate surface area is 91.6 Å². The number of anilines is 1. The molecule has 0 radical (unpaired) electrons. The van der Waals surface area contributed by atoms with E-state index in [4.69, 9.17) is 11.6 Å². The molecule has 86 valence electrons. The molecule has 1 aromatic heterocycles. The lowest BCUT2D eigenvalue weighted by molar-refractivity contribution is -0.206. The van der Waals surface area contributed by atoms with Crippen molar-refractivity contribution >= 4 is 23.5 Å². The van der Waals surface area contributed by atoms with E-state index in [1.165, 1.54) is 0 Å². The first-order chi connectivity index (χ1) is 7.39. The van der Waals surface area contributed by atoms with Crippen LogP contribution >= 0.6 is 11.6 Å². The minimum atomic E-state index is -4.76. The minimum absolute atomic E-state index is 0.293. The van der Waals surface area contributed by atoms with E-state index in [2.05, 4.69) is 14.7 Å². The average molecular weight is 254 g/mol. The lowest BCUT2D eigenvalue weighted by Crippen LogP contribution is -2.34. The fraction of sp³-hybridized carbons (Fsp3) is 0.286. The Morgan fingerprint density at radius 1 is 1.44 bits per heavy atom. The van der Waals surface area contributed by atoms with Gasteiger partial charge in [0.2, 0.25) is 6.10 Å². The van der Waals surface area contributed by atoms with E-state index in [-0.39, 0.29) is 5.82 Å². The standard InChI is InChI=1S/C7H3ClF3N3O2/c8-4-2-3(7(9,10)11)16-6(15)14-5(2)13-1-12-4/h1,3H,(H,12,13,14,15). The molecular formula is C7H3ClF3N3O2. The number of nitrogens with one attached hydrogen (secondary N) is 1. The highest BCUT2D eigenvalue weighted by molar-refractivity contribution is 6.30. The second-order valence-electron chi connectivity index (χ2n) is 2.88. The third-order valence-corrected chi connectivity index (χ3v) is 2.14. The summed E-state index contributed by atoms with van der Waals surface area (Å²) in [6, 6.07) is 0. The summed E-state index contributed by atoms with van der Waals surface area (Å²) < 4.78 is 41.8. The lowest BCUT2D eigenvalue weighted by atomic mass is 10.1. The maximum Gasteiger partial charge on any atom is 0.430 e. The monoisotopic (exact) mass is 253 g/mol. The first kappa shape index (κ1) is 10.9. The zero-order chi connectivity index (χ0) is 11.9. The number of cyclic esters (lactones) is 1. The van der Waals surface area contributed by atoms with Crippen LogP contribution < -0.4 is 5.32 Å². The molecule has 1 aromatic rings. The fourth-order valence-electron chi connectivity index (χ4n) is 1.23. The number of ether oxygens (including phenoxy) is 1. The number of aromatic nitrogens is 2. The van der Waals surface area contributed by atoms with Crippen LogP contribution in [0.3, 0.4) is 0 Å². The molecule has 16 heavy (non-hydrogen) atoms. The molecule has 1 N–H and O–H groups in total. The Hall–Kier alpha value is -1.57. The maximum absolute atomic E-state index is 12.6. The molecule has 2 heterocycles. The van der Waals surface area contributed by atoms with Gasteiger partial charge in [0, 0.05) is 0 Å². The number of rotatable bonds is 0. The Bertz CT molecular complexity index is 451. The first-order valence-electron chi connectivity index (χ1n) is 3.94. The van der Waals surface area contributed by atoms with E-state index < -0.39 is 29.1 Å². The van der Waals surface area contributed by atoms with Crippen molar-refractivity contribution in [3.05, 3.63) is 17.0 Å². The van der Waals surface area contributed by atoms with Crippen molar-refractivity contribution < 1.29 is 22.7 Å². The van der Waals surface area contributed by atoms with Crippen LogP contribution in [0.4, 0.5) is 23.8 Å². The number of halogens is 4. The summed E-state index contributed by atoms with van der Waals surface area (Å²) >= 11 is 5.51. The highest BCUT2D eigenvalue weighted by atomic mass is 35.5. The van der Waals surface area contributed by atoms with E-state index in [1.807, 2.05) is 5.32 Å². The molecule has 0 aliphatic carbocycles. The van der Waals surface area contributed by atoms with Crippen LogP contribution in [0.5, 0.6) is 0 Å². The quantitative estimate of drug-likeness (QED) is 0.721. The summed E-state index contributed by atoms with van der Waals surface area (Å²) in [5.41, 5.74) is -0.490. The van der Waals surface area contributed by atoms with Gasteiger partial charge in [-0.25, -0.2) is 14.8 Å². The topological polar surface area (TPSA) is 64.1 Å². The van der Waals surface area contributed by atoms with Crippen molar-refractivity contribution in [2.45, 2.75) is 12.3 Å². The smallest absolute Gasteiger partial charge is 0.430 e. The van der Waals surface area contributed by atoms with E-state index in [1.54, 1.807) is 0 Å². The van der Waals surface area contributed by atoms with Crippen molar-refractivity contribution in [3.63, 3.8) is 0 Å². The first-order valence-corrected chi connectivity index (χ1v) is 4.32. The Balaban J connectivity index is 2.56. The van der Waals surface area contributed by atoms with Gasteiger partial charge in [-0.05, 0) is 0 Å². The van der Waals surface area contributed by atoms with Crippen LogP contribution in [-0.4, -0.2) is 22.2 Å². The molecule has 5 nitrogen and oxygen atoms in total. The van der Waals surface area contributed by atoms with Crippen molar-refractivity contribution in [2.75, 3.05) is 5.32 Å². The average Bonchev–Trinajstić information content (AvgIpc) is 2.15. The van der Waals surface area contributed by atoms with Gasteiger partial charge in [0.25, 0.3) is 0 Å². The van der Waals surface area contributed by atoms with E-state index in [0.29, 0.717) is 0 Å². The Morgan fingerprint density at radius 3 is 2.75 bits per heavy atom. The van der Waals surface area contributed by atoms with Gasteiger partial charge in [-0.15, -0.1) is 0 Å². The number of fused-ring (bicyclic) bond motifs is 1. The van der Waals surface area contributed by atoms with Gasteiger partial charge < -0.3 is 4.74 Å². The van der Waals surface area contributed by atoms with E-state index in [9.17, 15) is 18.0 Å². The molecule has 0 spiro atoms. The van der Waals surface area contributed by atoms with E-state index in [0.717, 1.165) is 6.33 Å². The Morgan fingerprint density at radius 2 is 2.12 bits per heavy atom. The molecule has 1 atom stereocenters. The third-order valence-electron chi connectivity index (χ3n) is 1.84. The lowest BCUT2D eigenvalue weighted by Gasteiger charge is -2.26. The van der Waals surface area contributed by atoms with Crippen LogP contribution in [0.25, 0.3) is 0 Å². The summed E-state index contributed by atoms with van der Waals surface area (Å²) in [6.45, 7) is 0.